The van der Waals surface area contributed by atoms with Gasteiger partial charge < -0.3 is 18.9 Å². The Morgan fingerprint density at radius 2 is 0.479 bits per heavy atom. The number of nitrogens with zero attached hydrogens (tertiary/aromatic N) is 4. The molecule has 6 aliphatic carbocycles. The van der Waals surface area contributed by atoms with E-state index < -0.39 is 10.8 Å². The maximum Gasteiger partial charge on any atom is 0.0726 e. The molecule has 2 aromatic heterocycles. The fraction of sp³-hybridized carbons (Fsp3) is 0.0571. The van der Waals surface area contributed by atoms with Crippen LogP contribution in [0.25, 0.3) is 177 Å². The molecule has 0 saturated carbocycles. The van der Waals surface area contributed by atoms with Crippen LogP contribution in [0.15, 0.2) is 497 Å². The molecule has 0 bridgehead atoms. The van der Waals surface area contributed by atoms with Crippen molar-refractivity contribution in [3.8, 4) is 134 Å². The summed E-state index contributed by atoms with van der Waals surface area (Å²) >= 11 is 0. The van der Waals surface area contributed by atoms with E-state index in [0.717, 1.165) is 84.3 Å². The smallest absolute Gasteiger partial charge is 0.0726 e. The van der Waals surface area contributed by atoms with Crippen molar-refractivity contribution in [1.82, 2.24) is 9.13 Å². The van der Waals surface area contributed by atoms with Crippen LogP contribution in [0.3, 0.4) is 0 Å². The predicted octanol–water partition coefficient (Wildman–Crippen LogP) is 36.5. The van der Waals surface area contributed by atoms with Gasteiger partial charge in [0.05, 0.1) is 44.3 Å². The number of anilines is 6. The van der Waals surface area contributed by atoms with Gasteiger partial charge in [0.2, 0.25) is 0 Å². The number of fused-ring (bicyclic) bond motifs is 32. The van der Waals surface area contributed by atoms with Crippen LogP contribution in [-0.4, -0.2) is 9.13 Å². The highest BCUT2D eigenvalue weighted by Crippen LogP contribution is 2.67. The van der Waals surface area contributed by atoms with E-state index in [9.17, 15) is 0 Å². The molecule has 0 atom stereocenters. The van der Waals surface area contributed by atoms with Gasteiger partial charge in [-0.2, -0.15) is 0 Å². The Bertz CT molecular complexity index is 9460. The average Bonchev–Trinajstić information content (AvgIpc) is 1.53. The lowest BCUT2D eigenvalue weighted by molar-refractivity contribution is 0.660. The second kappa shape index (κ2) is 30.8. The molecule has 0 aliphatic heterocycles. The van der Waals surface area contributed by atoms with Crippen molar-refractivity contribution in [2.75, 3.05) is 9.80 Å². The summed E-state index contributed by atoms with van der Waals surface area (Å²) in [4.78, 5) is 5.08. The van der Waals surface area contributed by atoms with E-state index in [2.05, 4.69) is 544 Å². The Balaban J connectivity index is 0.525. The monoisotopic (exact) mass is 1830 g/mol. The van der Waals surface area contributed by atoms with E-state index in [4.69, 9.17) is 0 Å². The van der Waals surface area contributed by atoms with E-state index in [1.165, 1.54) is 194 Å². The summed E-state index contributed by atoms with van der Waals surface area (Å²) in [6.45, 7) is 9.65. The summed E-state index contributed by atoms with van der Waals surface area (Å²) in [7, 11) is 0. The maximum absolute atomic E-state index is 2.54. The SMILES string of the molecule is CC1(C)c2ccccc2-c2c(-c3ccccc3N(c3ccc(-c4cccc(-n5c6ccccc6c6c(-c7ccc8c(c7)C(C)(C)c7cccc(-c9ccccc9N(c9ccc(-c%10cccc(-n%11c%12ccccc%12c%12ccccc%12%11)c%10)cc9)c9ccc%10c(c9)-c9ccccc9C%109c%10ccccc%10-c%10ccccc%109)c7-8)cccc65)c4)cc3)c3ccc4c(c3)C3(c5ccccc5-c5ccccc53)c3ccccc3-4)cccc21. The molecule has 0 amide bonds. The highest BCUT2D eigenvalue weighted by Gasteiger charge is 2.54. The van der Waals surface area contributed by atoms with Crippen LogP contribution in [0.2, 0.25) is 0 Å². The topological polar surface area (TPSA) is 16.3 Å². The van der Waals surface area contributed by atoms with Gasteiger partial charge in [0.15, 0.2) is 0 Å². The minimum Gasteiger partial charge on any atom is -0.310 e. The number of para-hydroxylation sites is 5. The van der Waals surface area contributed by atoms with E-state index in [1.54, 1.807) is 0 Å². The molecule has 0 fully saturated rings. The first-order valence-electron chi connectivity index (χ1n) is 50.6. The molecule has 6 aliphatic rings. The van der Waals surface area contributed by atoms with Crippen molar-refractivity contribution < 1.29 is 0 Å². The highest BCUT2D eigenvalue weighted by molar-refractivity contribution is 6.17. The summed E-state index contributed by atoms with van der Waals surface area (Å²) in [5.41, 5.74) is 54.9. The van der Waals surface area contributed by atoms with Crippen molar-refractivity contribution in [2.45, 2.75) is 49.4 Å². The van der Waals surface area contributed by atoms with Gasteiger partial charge in [-0.3, -0.25) is 0 Å². The third kappa shape index (κ3) is 11.3. The summed E-state index contributed by atoms with van der Waals surface area (Å²) in [5.74, 6) is 0. The molecule has 24 aromatic rings. The quantitative estimate of drug-likeness (QED) is 0.114. The number of hydrogen-bond acceptors (Lipinski definition) is 2. The third-order valence-electron chi connectivity index (χ3n) is 33.4. The Labute approximate surface area is 837 Å². The maximum atomic E-state index is 2.54. The molecule has 0 N–H and O–H groups in total. The van der Waals surface area contributed by atoms with Gasteiger partial charge in [0.1, 0.15) is 0 Å². The molecule has 0 unspecified atom stereocenters. The van der Waals surface area contributed by atoms with Gasteiger partial charge >= 0.3 is 0 Å². The first-order chi connectivity index (χ1) is 71.0. The van der Waals surface area contributed by atoms with Gasteiger partial charge in [0.25, 0.3) is 0 Å². The van der Waals surface area contributed by atoms with E-state index in [-0.39, 0.29) is 10.8 Å². The molecule has 30 rings (SSSR count). The Morgan fingerprint density at radius 1 is 0.167 bits per heavy atom. The van der Waals surface area contributed by atoms with Crippen LogP contribution in [-0.2, 0) is 21.7 Å². The fourth-order valence-corrected chi connectivity index (χ4v) is 27.2. The molecule has 144 heavy (non-hydrogen) atoms. The summed E-state index contributed by atoms with van der Waals surface area (Å²) in [6.07, 6.45) is 0. The highest BCUT2D eigenvalue weighted by atomic mass is 15.2. The van der Waals surface area contributed by atoms with Crippen molar-refractivity contribution >= 4 is 77.7 Å². The molecule has 0 saturated heterocycles. The first-order valence-corrected chi connectivity index (χ1v) is 50.6. The summed E-state index contributed by atoms with van der Waals surface area (Å²) < 4.78 is 4.91. The summed E-state index contributed by atoms with van der Waals surface area (Å²) in [6, 6.07) is 189. The van der Waals surface area contributed by atoms with E-state index >= 15 is 0 Å². The molecule has 674 valence electrons. The lowest BCUT2D eigenvalue weighted by Crippen LogP contribution is -2.26. The zero-order valence-electron chi connectivity index (χ0n) is 80.1. The van der Waals surface area contributed by atoms with Crippen molar-refractivity contribution in [3.05, 3.63) is 564 Å². The standard InChI is InChI=1S/C140H94N4/c1-137(2)116-53-17-11-48-112(116)134-110(51-31-60-124(134)137)108-46-15-25-63-129(108)142(97-77-80-105-103-42-9-22-58-121(103)140(127(105)86-97)119-56-20-7-40-101(119)102-41-8-21-57-120(102)140)93-75-70-88(71-76-93)90-35-30-37-95(83-90)144-132-66-28-16-49-114(132)136-98(50-33-67-133(136)144)91-72-79-113-126(84-91)138(3,4)125-61-32-52-111(135(113)125)109-47-14-24-62-128(109)141(92-73-68-87(69-74-92)89-34-29-36-94(82-89)143-130-64-26-12-44-106(130)107-45-13-27-65-131(107)143)96-78-81-123-115(85-96)104-43-10-23-59-122(104)139(123)117-54-18-5-38-99(117)100-39-6-19-55-118(100)139/h5-86H,1-4H3. The zero-order chi connectivity index (χ0) is 95.2. The van der Waals surface area contributed by atoms with Gasteiger partial charge in [-0.1, -0.05) is 410 Å². The van der Waals surface area contributed by atoms with Crippen LogP contribution in [0, 0.1) is 0 Å². The number of rotatable bonds is 13. The molecule has 22 aromatic carbocycles. The Morgan fingerprint density at radius 3 is 0.979 bits per heavy atom. The van der Waals surface area contributed by atoms with Crippen LogP contribution in [0.4, 0.5) is 34.1 Å². The number of hydrogen-bond donors (Lipinski definition) is 0. The molecule has 4 nitrogen and oxygen atoms in total. The average molecular weight is 1830 g/mol. The fourth-order valence-electron chi connectivity index (χ4n) is 27.2. The van der Waals surface area contributed by atoms with Crippen LogP contribution < -0.4 is 9.80 Å². The normalized spacial score (nSPS) is 14.1. The van der Waals surface area contributed by atoms with Crippen molar-refractivity contribution in [3.63, 3.8) is 0 Å². The minimum atomic E-state index is -0.530. The molecular weight excluding hydrogens is 1740 g/mol. The lowest BCUT2D eigenvalue weighted by atomic mass is 9.70. The third-order valence-corrected chi connectivity index (χ3v) is 33.4. The number of aromatic nitrogens is 2. The number of benzene rings is 22. The molecule has 2 heterocycles. The summed E-state index contributed by atoms with van der Waals surface area (Å²) in [5, 5.41) is 4.94. The zero-order valence-corrected chi connectivity index (χ0v) is 80.1. The second-order valence-electron chi connectivity index (χ2n) is 41.1. The van der Waals surface area contributed by atoms with Crippen LogP contribution >= 0.6 is 0 Å². The Kier molecular flexibility index (Phi) is 17.5. The van der Waals surface area contributed by atoms with Gasteiger partial charge in [-0.15, -0.1) is 0 Å². The van der Waals surface area contributed by atoms with Crippen LogP contribution in [0.5, 0.6) is 0 Å². The van der Waals surface area contributed by atoms with Crippen molar-refractivity contribution in [2.24, 2.45) is 0 Å². The predicted molar refractivity (Wildman–Crippen MR) is 599 cm³/mol. The largest absolute Gasteiger partial charge is 0.310 e. The van der Waals surface area contributed by atoms with Gasteiger partial charge in [-0.25, -0.2) is 0 Å². The van der Waals surface area contributed by atoms with E-state index in [0.29, 0.717) is 0 Å². The first kappa shape index (κ1) is 82.0. The van der Waals surface area contributed by atoms with E-state index in [1.807, 2.05) is 0 Å². The lowest BCUT2D eigenvalue weighted by Gasteiger charge is -2.33. The second-order valence-corrected chi connectivity index (χ2v) is 41.1. The minimum absolute atomic E-state index is 0.173. The van der Waals surface area contributed by atoms with Gasteiger partial charge in [0, 0.05) is 77.6 Å². The Hall–Kier alpha value is -18.0. The molecule has 4 heteroatoms. The van der Waals surface area contributed by atoms with Crippen molar-refractivity contribution in [1.29, 1.82) is 0 Å². The molecular formula is C140H94N4. The van der Waals surface area contributed by atoms with Crippen LogP contribution in [0.1, 0.15) is 94.5 Å². The molecule has 0 radical (unpaired) electrons. The molecule has 2 spiro atoms. The van der Waals surface area contributed by atoms with Gasteiger partial charge in [-0.05, 0) is 293 Å².